The lowest BCUT2D eigenvalue weighted by molar-refractivity contribution is -0.122. The summed E-state index contributed by atoms with van der Waals surface area (Å²) in [6.45, 7) is 16.8. The first-order chi connectivity index (χ1) is 11.0. The molecule has 4 nitrogen and oxygen atoms in total. The van der Waals surface area contributed by atoms with Gasteiger partial charge in [-0.05, 0) is 38.9 Å². The number of hydrogen-bond acceptors (Lipinski definition) is 4. The van der Waals surface area contributed by atoms with Gasteiger partial charge in [-0.1, -0.05) is 34.1 Å². The van der Waals surface area contributed by atoms with Crippen LogP contribution >= 0.6 is 0 Å². The molecule has 0 amide bonds. The van der Waals surface area contributed by atoms with Crippen LogP contribution in [-0.4, -0.2) is 67.4 Å². The fraction of sp³-hybridized carbons (Fsp3) is 0.947. The number of unbranched alkanes of at least 4 members (excludes halogenated alkanes) is 2. The van der Waals surface area contributed by atoms with Crippen LogP contribution in [0.4, 0.5) is 0 Å². The van der Waals surface area contributed by atoms with Crippen molar-refractivity contribution in [1.82, 2.24) is 15.1 Å². The molecule has 1 N–H and O–H groups in total. The minimum atomic E-state index is 0.207. The van der Waals surface area contributed by atoms with Gasteiger partial charge in [0.1, 0.15) is 5.78 Å². The molecule has 1 heterocycles. The number of nitrogens with zero attached hydrogens (tertiary/aromatic N) is 2. The summed E-state index contributed by atoms with van der Waals surface area (Å²) >= 11 is 0. The molecular weight excluding hydrogens is 286 g/mol. The van der Waals surface area contributed by atoms with Gasteiger partial charge in [0.15, 0.2) is 0 Å². The van der Waals surface area contributed by atoms with Crippen molar-refractivity contribution >= 4 is 5.78 Å². The lowest BCUT2D eigenvalue weighted by atomic mass is 10.0. The highest BCUT2D eigenvalue weighted by atomic mass is 16.1. The Balaban J connectivity index is 1.96. The summed E-state index contributed by atoms with van der Waals surface area (Å²) < 4.78 is 0. The Hall–Kier alpha value is -0.450. The number of rotatable bonds is 12. The van der Waals surface area contributed by atoms with Crippen molar-refractivity contribution in [1.29, 1.82) is 0 Å². The Bertz CT molecular complexity index is 310. The highest BCUT2D eigenvalue weighted by molar-refractivity contribution is 5.80. The van der Waals surface area contributed by atoms with E-state index in [0.717, 1.165) is 19.4 Å². The zero-order valence-corrected chi connectivity index (χ0v) is 15.9. The van der Waals surface area contributed by atoms with E-state index in [-0.39, 0.29) is 5.92 Å². The largest absolute Gasteiger partial charge is 0.314 e. The molecule has 1 rings (SSSR count). The Kier molecular flexibility index (Phi) is 10.7. The van der Waals surface area contributed by atoms with Crippen molar-refractivity contribution in [3.8, 4) is 0 Å². The smallest absolute Gasteiger partial charge is 0.135 e. The molecule has 0 aliphatic carbocycles. The molecular formula is C19H39N3O. The van der Waals surface area contributed by atoms with E-state index < -0.39 is 0 Å². The second-order valence-corrected chi connectivity index (χ2v) is 7.58. The highest BCUT2D eigenvalue weighted by Crippen LogP contribution is 2.08. The second-order valence-electron chi connectivity index (χ2n) is 7.58. The molecule has 0 atom stereocenters. The third-order valence-electron chi connectivity index (χ3n) is 4.71. The molecule has 0 aromatic rings. The molecule has 0 bridgehead atoms. The zero-order valence-electron chi connectivity index (χ0n) is 15.9. The fourth-order valence-electron chi connectivity index (χ4n) is 3.03. The number of carbonyl (C=O) groups excluding carboxylic acids is 1. The Morgan fingerprint density at radius 3 is 1.96 bits per heavy atom. The molecule has 0 unspecified atom stereocenters. The van der Waals surface area contributed by atoms with E-state index in [0.29, 0.717) is 11.8 Å². The number of piperazine rings is 1. The van der Waals surface area contributed by atoms with Gasteiger partial charge in [-0.25, -0.2) is 0 Å². The number of carbonyl (C=O) groups is 1. The second kappa shape index (κ2) is 12.0. The molecule has 23 heavy (non-hydrogen) atoms. The predicted octanol–water partition coefficient (Wildman–Crippen LogP) is 2.78. The third kappa shape index (κ3) is 10.1. The van der Waals surface area contributed by atoms with E-state index in [1.54, 1.807) is 0 Å². The molecule has 0 saturated carbocycles. The predicted molar refractivity (Wildman–Crippen MR) is 98.9 cm³/mol. The van der Waals surface area contributed by atoms with Crippen molar-refractivity contribution in [2.75, 3.05) is 45.8 Å². The van der Waals surface area contributed by atoms with Gasteiger partial charge in [0.2, 0.25) is 0 Å². The number of ketones is 1. The van der Waals surface area contributed by atoms with Gasteiger partial charge in [-0.3, -0.25) is 4.79 Å². The van der Waals surface area contributed by atoms with Gasteiger partial charge in [0.05, 0.1) is 0 Å². The van der Waals surface area contributed by atoms with Crippen LogP contribution in [0.1, 0.15) is 59.8 Å². The lowest BCUT2D eigenvalue weighted by Crippen LogP contribution is -2.47. The topological polar surface area (TPSA) is 35.6 Å². The third-order valence-corrected chi connectivity index (χ3v) is 4.71. The summed E-state index contributed by atoms with van der Waals surface area (Å²) in [6, 6.07) is 0.600. The maximum Gasteiger partial charge on any atom is 0.135 e. The monoisotopic (exact) mass is 325 g/mol. The number of nitrogens with one attached hydrogen (secondary N) is 1. The summed E-state index contributed by atoms with van der Waals surface area (Å²) in [5.41, 5.74) is 0. The Morgan fingerprint density at radius 1 is 0.870 bits per heavy atom. The molecule has 1 fully saturated rings. The van der Waals surface area contributed by atoms with E-state index in [9.17, 15) is 4.79 Å². The van der Waals surface area contributed by atoms with E-state index in [4.69, 9.17) is 0 Å². The van der Waals surface area contributed by atoms with Crippen LogP contribution in [0.5, 0.6) is 0 Å². The Morgan fingerprint density at radius 2 is 1.43 bits per heavy atom. The quantitative estimate of drug-likeness (QED) is 0.560. The first-order valence-electron chi connectivity index (χ1n) is 9.70. The van der Waals surface area contributed by atoms with Crippen LogP contribution in [0.3, 0.4) is 0 Å². The number of hydrogen-bond donors (Lipinski definition) is 1. The standard InChI is InChI=1S/C19H39N3O/c1-17(2)19(23)9-6-5-7-11-21-13-15-22(16-14-21)12-8-10-20-18(3)4/h17-18,20H,5-16H2,1-4H3. The maximum absolute atomic E-state index is 11.6. The van der Waals surface area contributed by atoms with Crippen molar-refractivity contribution in [3.05, 3.63) is 0 Å². The van der Waals surface area contributed by atoms with Gasteiger partial charge in [0, 0.05) is 44.6 Å². The normalized spacial score (nSPS) is 17.3. The average molecular weight is 326 g/mol. The molecule has 0 aromatic carbocycles. The summed E-state index contributed by atoms with van der Waals surface area (Å²) in [6.07, 6.45) is 5.53. The van der Waals surface area contributed by atoms with Crippen LogP contribution < -0.4 is 5.32 Å². The van der Waals surface area contributed by atoms with Gasteiger partial charge in [-0.15, -0.1) is 0 Å². The van der Waals surface area contributed by atoms with E-state index >= 15 is 0 Å². The minimum Gasteiger partial charge on any atom is -0.314 e. The number of Topliss-reactive ketones (excluding diaryl/α,β-unsaturated/α-hetero) is 1. The van der Waals surface area contributed by atoms with E-state index in [1.165, 1.54) is 58.5 Å². The van der Waals surface area contributed by atoms with Gasteiger partial charge < -0.3 is 15.1 Å². The summed E-state index contributed by atoms with van der Waals surface area (Å²) in [5, 5.41) is 3.49. The summed E-state index contributed by atoms with van der Waals surface area (Å²) in [5.74, 6) is 0.629. The molecule has 1 saturated heterocycles. The summed E-state index contributed by atoms with van der Waals surface area (Å²) in [4.78, 5) is 16.8. The lowest BCUT2D eigenvalue weighted by Gasteiger charge is -2.34. The molecule has 1 aliphatic rings. The van der Waals surface area contributed by atoms with Crippen molar-refractivity contribution in [3.63, 3.8) is 0 Å². The maximum atomic E-state index is 11.6. The van der Waals surface area contributed by atoms with Crippen molar-refractivity contribution in [2.24, 2.45) is 5.92 Å². The van der Waals surface area contributed by atoms with Crippen LogP contribution in [0.15, 0.2) is 0 Å². The Labute approximate surface area is 144 Å². The molecule has 0 radical (unpaired) electrons. The molecule has 136 valence electrons. The fourth-order valence-corrected chi connectivity index (χ4v) is 3.03. The first-order valence-corrected chi connectivity index (χ1v) is 9.70. The van der Waals surface area contributed by atoms with Crippen LogP contribution in [0, 0.1) is 5.92 Å². The highest BCUT2D eigenvalue weighted by Gasteiger charge is 2.15. The van der Waals surface area contributed by atoms with E-state index in [1.807, 2.05) is 13.8 Å². The summed E-state index contributed by atoms with van der Waals surface area (Å²) in [7, 11) is 0. The van der Waals surface area contributed by atoms with Crippen LogP contribution in [-0.2, 0) is 4.79 Å². The minimum absolute atomic E-state index is 0.207. The van der Waals surface area contributed by atoms with E-state index in [2.05, 4.69) is 29.0 Å². The van der Waals surface area contributed by atoms with Gasteiger partial charge >= 0.3 is 0 Å². The SMILES string of the molecule is CC(C)NCCCN1CCN(CCCCCC(=O)C(C)C)CC1. The molecule has 0 aromatic heterocycles. The average Bonchev–Trinajstić information content (AvgIpc) is 2.52. The van der Waals surface area contributed by atoms with Crippen LogP contribution in [0.25, 0.3) is 0 Å². The van der Waals surface area contributed by atoms with Gasteiger partial charge in [0.25, 0.3) is 0 Å². The van der Waals surface area contributed by atoms with Crippen LogP contribution in [0.2, 0.25) is 0 Å². The molecule has 1 aliphatic heterocycles. The first kappa shape index (κ1) is 20.6. The van der Waals surface area contributed by atoms with Crippen molar-refractivity contribution in [2.45, 2.75) is 65.8 Å². The molecule has 0 spiro atoms. The molecule has 4 heteroatoms. The zero-order chi connectivity index (χ0) is 17.1. The van der Waals surface area contributed by atoms with Gasteiger partial charge in [-0.2, -0.15) is 0 Å². The van der Waals surface area contributed by atoms with Crippen molar-refractivity contribution < 1.29 is 4.79 Å².